The van der Waals surface area contributed by atoms with Crippen LogP contribution in [0, 0.1) is 0 Å². The molecule has 0 bridgehead atoms. The topological polar surface area (TPSA) is 64.0 Å². The number of nitrogens with zero attached hydrogens (tertiary/aromatic N) is 2. The summed E-state index contributed by atoms with van der Waals surface area (Å²) in [5, 5.41) is 5.12. The van der Waals surface area contributed by atoms with Gasteiger partial charge in [0.1, 0.15) is 0 Å². The summed E-state index contributed by atoms with van der Waals surface area (Å²) in [7, 11) is -3.82. The van der Waals surface area contributed by atoms with E-state index in [1.807, 2.05) is 42.5 Å². The van der Waals surface area contributed by atoms with Gasteiger partial charge in [-0.05, 0) is 36.4 Å². The molecule has 0 radical (unpaired) electrons. The molecule has 29 heavy (non-hydrogen) atoms. The number of hydrogen-bond acceptors (Lipinski definition) is 3. The molecular formula is C21H15BrClN3O2S. The summed E-state index contributed by atoms with van der Waals surface area (Å²) in [5.74, 6) is 0. The zero-order valence-electron chi connectivity index (χ0n) is 15.0. The maximum atomic E-state index is 12.9. The van der Waals surface area contributed by atoms with Crippen LogP contribution in [0.2, 0.25) is 5.02 Å². The average molecular weight is 489 g/mol. The first-order valence-electron chi connectivity index (χ1n) is 8.63. The van der Waals surface area contributed by atoms with E-state index in [2.05, 4.69) is 25.9 Å². The van der Waals surface area contributed by atoms with Gasteiger partial charge in [0.25, 0.3) is 10.0 Å². The highest BCUT2D eigenvalue weighted by molar-refractivity contribution is 9.10. The lowest BCUT2D eigenvalue weighted by Crippen LogP contribution is -2.25. The zero-order chi connectivity index (χ0) is 20.4. The van der Waals surface area contributed by atoms with Crippen molar-refractivity contribution in [3.63, 3.8) is 0 Å². The maximum Gasteiger partial charge on any atom is 0.276 e. The Hall–Kier alpha value is -2.61. The molecule has 1 heterocycles. The molecule has 4 aromatic rings. The Labute approximate surface area is 182 Å². The van der Waals surface area contributed by atoms with Gasteiger partial charge in [0.05, 0.1) is 16.3 Å². The molecule has 1 aromatic heterocycles. The Kier molecular flexibility index (Phi) is 5.45. The highest BCUT2D eigenvalue weighted by Gasteiger charge is 2.19. The Morgan fingerprint density at radius 1 is 0.897 bits per heavy atom. The minimum absolute atomic E-state index is 0.154. The van der Waals surface area contributed by atoms with Crippen LogP contribution in [0.1, 0.15) is 0 Å². The third-order valence-electron chi connectivity index (χ3n) is 4.26. The fourth-order valence-corrected chi connectivity index (χ4v) is 4.44. The van der Waals surface area contributed by atoms with E-state index in [0.717, 1.165) is 15.6 Å². The van der Waals surface area contributed by atoms with Crippen LogP contribution >= 0.6 is 27.5 Å². The lowest BCUT2D eigenvalue weighted by molar-refractivity contribution is 0.592. The lowest BCUT2D eigenvalue weighted by atomic mass is 10.1. The molecule has 0 aliphatic heterocycles. The van der Waals surface area contributed by atoms with Gasteiger partial charge in [0.15, 0.2) is 0 Å². The van der Waals surface area contributed by atoms with Gasteiger partial charge < -0.3 is 0 Å². The first-order valence-corrected chi connectivity index (χ1v) is 11.3. The summed E-state index contributed by atoms with van der Waals surface area (Å²) in [6.07, 6.45) is 0. The first-order chi connectivity index (χ1) is 13.9. The van der Waals surface area contributed by atoms with Crippen LogP contribution in [0.25, 0.3) is 22.5 Å². The lowest BCUT2D eigenvalue weighted by Gasteiger charge is -2.12. The molecule has 4 rings (SSSR count). The number of rotatable bonds is 5. The average Bonchev–Trinajstić information content (AvgIpc) is 3.12. The van der Waals surface area contributed by atoms with Gasteiger partial charge in [-0.3, -0.25) is 0 Å². The van der Waals surface area contributed by atoms with Gasteiger partial charge >= 0.3 is 0 Å². The number of aromatic nitrogens is 2. The van der Waals surface area contributed by atoms with Crippen LogP contribution in [0.3, 0.4) is 0 Å². The van der Waals surface area contributed by atoms with Crippen molar-refractivity contribution in [2.24, 2.45) is 0 Å². The van der Waals surface area contributed by atoms with E-state index in [-0.39, 0.29) is 4.90 Å². The van der Waals surface area contributed by atoms with E-state index in [0.29, 0.717) is 16.4 Å². The van der Waals surface area contributed by atoms with Crippen molar-refractivity contribution in [2.45, 2.75) is 4.90 Å². The van der Waals surface area contributed by atoms with Crippen molar-refractivity contribution in [1.82, 2.24) is 9.89 Å². The predicted octanol–water partition coefficient (Wildman–Crippen LogP) is 5.57. The third-order valence-corrected chi connectivity index (χ3v) is 6.51. The largest absolute Gasteiger partial charge is 0.276 e. The molecule has 1 N–H and O–H groups in total. The van der Waals surface area contributed by atoms with E-state index < -0.39 is 10.0 Å². The molecule has 8 heteroatoms. The van der Waals surface area contributed by atoms with Crippen LogP contribution in [0.5, 0.6) is 0 Å². The number of halogens is 2. The molecule has 0 unspecified atom stereocenters. The second-order valence-corrected chi connectivity index (χ2v) is 9.17. The molecule has 146 valence electrons. The Bertz CT molecular complexity index is 1260. The predicted molar refractivity (Wildman–Crippen MR) is 119 cm³/mol. The molecule has 0 spiro atoms. The summed E-state index contributed by atoms with van der Waals surface area (Å²) in [6.45, 7) is 0. The van der Waals surface area contributed by atoms with Gasteiger partial charge in [-0.1, -0.05) is 76.1 Å². The summed E-state index contributed by atoms with van der Waals surface area (Å²) in [6, 6.07) is 24.8. The van der Waals surface area contributed by atoms with Crippen molar-refractivity contribution < 1.29 is 8.42 Å². The van der Waals surface area contributed by atoms with Gasteiger partial charge in [0.2, 0.25) is 0 Å². The van der Waals surface area contributed by atoms with Crippen LogP contribution in [-0.4, -0.2) is 18.3 Å². The monoisotopic (exact) mass is 487 g/mol. The van der Waals surface area contributed by atoms with E-state index >= 15 is 0 Å². The zero-order valence-corrected chi connectivity index (χ0v) is 18.1. The van der Waals surface area contributed by atoms with E-state index in [4.69, 9.17) is 11.6 Å². The van der Waals surface area contributed by atoms with Crippen molar-refractivity contribution >= 4 is 37.6 Å². The highest BCUT2D eigenvalue weighted by atomic mass is 79.9. The van der Waals surface area contributed by atoms with Crippen LogP contribution < -0.4 is 4.83 Å². The number of hydrogen-bond donors (Lipinski definition) is 1. The number of nitrogens with one attached hydrogen (secondary N) is 1. The minimum atomic E-state index is -3.82. The quantitative estimate of drug-likeness (QED) is 0.400. The Morgan fingerprint density at radius 2 is 1.55 bits per heavy atom. The summed E-state index contributed by atoms with van der Waals surface area (Å²) in [5.41, 5.74) is 2.83. The molecule has 0 aliphatic rings. The number of benzene rings is 3. The van der Waals surface area contributed by atoms with Crippen LogP contribution in [-0.2, 0) is 10.0 Å². The summed E-state index contributed by atoms with van der Waals surface area (Å²) < 4.78 is 26.5. The molecule has 0 saturated carbocycles. The standard InChI is InChI=1S/C21H15BrClN3O2S/c22-19-9-5-4-8-18(19)21-14-20(15-10-12-16(23)13-11-15)24-26(21)25-29(27,28)17-6-2-1-3-7-17/h1-14,25H. The van der Waals surface area contributed by atoms with E-state index in [9.17, 15) is 8.42 Å². The molecule has 0 aliphatic carbocycles. The van der Waals surface area contributed by atoms with Crippen molar-refractivity contribution in [3.8, 4) is 22.5 Å². The Balaban J connectivity index is 1.83. The fraction of sp³-hybridized carbons (Fsp3) is 0. The fourth-order valence-electron chi connectivity index (χ4n) is 2.84. The van der Waals surface area contributed by atoms with Gasteiger partial charge in [-0.2, -0.15) is 23.1 Å². The van der Waals surface area contributed by atoms with Crippen LogP contribution in [0.15, 0.2) is 94.3 Å². The molecule has 5 nitrogen and oxygen atoms in total. The molecule has 0 atom stereocenters. The van der Waals surface area contributed by atoms with Crippen molar-refractivity contribution in [2.75, 3.05) is 4.83 Å². The van der Waals surface area contributed by atoms with E-state index in [1.54, 1.807) is 30.3 Å². The Morgan fingerprint density at radius 3 is 2.24 bits per heavy atom. The molecule has 0 fully saturated rings. The van der Waals surface area contributed by atoms with Crippen molar-refractivity contribution in [1.29, 1.82) is 0 Å². The normalized spacial score (nSPS) is 11.4. The van der Waals surface area contributed by atoms with Gasteiger partial charge in [0, 0.05) is 20.6 Å². The third kappa shape index (κ3) is 4.22. The smallest absolute Gasteiger partial charge is 0.200 e. The molecule has 3 aromatic carbocycles. The first kappa shape index (κ1) is 19.7. The summed E-state index contributed by atoms with van der Waals surface area (Å²) in [4.78, 5) is 4.00. The second-order valence-electron chi connectivity index (χ2n) is 6.22. The van der Waals surface area contributed by atoms with Crippen molar-refractivity contribution in [3.05, 3.63) is 94.4 Å². The maximum absolute atomic E-state index is 12.9. The van der Waals surface area contributed by atoms with Gasteiger partial charge in [-0.15, -0.1) is 0 Å². The van der Waals surface area contributed by atoms with Gasteiger partial charge in [-0.25, -0.2) is 0 Å². The SMILES string of the molecule is O=S(=O)(Nn1nc(-c2ccc(Cl)cc2)cc1-c1ccccc1Br)c1ccccc1. The molecule has 0 saturated heterocycles. The van der Waals surface area contributed by atoms with E-state index in [1.165, 1.54) is 16.9 Å². The van der Waals surface area contributed by atoms with Crippen LogP contribution in [0.4, 0.5) is 0 Å². The second kappa shape index (κ2) is 8.02. The number of sulfonamides is 1. The highest BCUT2D eigenvalue weighted by Crippen LogP contribution is 2.31. The summed E-state index contributed by atoms with van der Waals surface area (Å²) >= 11 is 9.51. The molecule has 0 amide bonds. The molecular weight excluding hydrogens is 474 g/mol. The minimum Gasteiger partial charge on any atom is -0.200 e.